The van der Waals surface area contributed by atoms with Gasteiger partial charge in [-0.3, -0.25) is 0 Å². The molecule has 0 bridgehead atoms. The molecule has 0 aliphatic heterocycles. The maximum absolute atomic E-state index is 12.7. The molecule has 0 saturated carbocycles. The fourth-order valence-electron chi connectivity index (χ4n) is 1.52. The summed E-state index contributed by atoms with van der Waals surface area (Å²) in [7, 11) is 0. The van der Waals surface area contributed by atoms with Gasteiger partial charge in [-0.2, -0.15) is 13.2 Å². The number of hydrogen-bond acceptors (Lipinski definition) is 0. The number of benzene rings is 1. The molecule has 0 atom stereocenters. The summed E-state index contributed by atoms with van der Waals surface area (Å²) in [5.74, 6) is 0. The van der Waals surface area contributed by atoms with Gasteiger partial charge in [0.1, 0.15) is 0 Å². The average molecular weight is 251 g/mol. The van der Waals surface area contributed by atoms with Gasteiger partial charge >= 0.3 is 6.18 Å². The van der Waals surface area contributed by atoms with Gasteiger partial charge in [0.2, 0.25) is 0 Å². The van der Waals surface area contributed by atoms with E-state index >= 15 is 0 Å². The van der Waals surface area contributed by atoms with Crippen molar-refractivity contribution in [1.82, 2.24) is 0 Å². The van der Waals surface area contributed by atoms with Crippen molar-refractivity contribution in [1.29, 1.82) is 0 Å². The Labute approximate surface area is 98.4 Å². The Balaban J connectivity index is 3.51. The van der Waals surface area contributed by atoms with E-state index in [9.17, 15) is 13.2 Å². The van der Waals surface area contributed by atoms with Gasteiger partial charge in [0, 0.05) is 0 Å². The highest BCUT2D eigenvalue weighted by Crippen LogP contribution is 2.40. The quantitative estimate of drug-likeness (QED) is 0.610. The molecule has 0 aliphatic rings. The van der Waals surface area contributed by atoms with E-state index < -0.39 is 17.2 Å². The second kappa shape index (κ2) is 3.95. The first kappa shape index (κ1) is 13.4. The molecule has 90 valence electrons. The van der Waals surface area contributed by atoms with Gasteiger partial charge in [-0.1, -0.05) is 44.0 Å². The van der Waals surface area contributed by atoms with Crippen molar-refractivity contribution in [3.8, 4) is 0 Å². The summed E-state index contributed by atoms with van der Waals surface area (Å²) in [6.07, 6.45) is -4.40. The van der Waals surface area contributed by atoms with Gasteiger partial charge in [0.25, 0.3) is 0 Å². The lowest BCUT2D eigenvalue weighted by Crippen LogP contribution is -2.16. The van der Waals surface area contributed by atoms with Crippen LogP contribution in [0.3, 0.4) is 0 Å². The maximum Gasteiger partial charge on any atom is 0.417 e. The van der Waals surface area contributed by atoms with E-state index in [4.69, 9.17) is 11.6 Å². The van der Waals surface area contributed by atoms with Crippen molar-refractivity contribution in [2.24, 2.45) is 0 Å². The fraction of sp³-hybridized carbons (Fsp3) is 0.500. The normalized spacial score (nSPS) is 13.0. The first-order valence-electron chi connectivity index (χ1n) is 4.91. The largest absolute Gasteiger partial charge is 0.417 e. The number of alkyl halides is 3. The van der Waals surface area contributed by atoms with Crippen LogP contribution in [0.5, 0.6) is 0 Å². The van der Waals surface area contributed by atoms with Crippen molar-refractivity contribution < 1.29 is 13.2 Å². The van der Waals surface area contributed by atoms with Crippen LogP contribution in [0.2, 0.25) is 5.02 Å². The summed E-state index contributed by atoms with van der Waals surface area (Å²) < 4.78 is 38.1. The minimum atomic E-state index is -4.40. The summed E-state index contributed by atoms with van der Waals surface area (Å²) in [4.78, 5) is 0. The van der Waals surface area contributed by atoms with Crippen molar-refractivity contribution in [2.75, 3.05) is 0 Å². The van der Waals surface area contributed by atoms with Gasteiger partial charge in [0.15, 0.2) is 0 Å². The minimum Gasteiger partial charge on any atom is -0.166 e. The second-order valence-electron chi connectivity index (χ2n) is 4.92. The lowest BCUT2D eigenvalue weighted by Gasteiger charge is -2.23. The molecule has 0 N–H and O–H groups in total. The Kier molecular flexibility index (Phi) is 3.30. The number of rotatable bonds is 0. The highest BCUT2D eigenvalue weighted by molar-refractivity contribution is 6.32. The second-order valence-corrected chi connectivity index (χ2v) is 5.30. The molecule has 0 heterocycles. The van der Waals surface area contributed by atoms with E-state index in [1.807, 2.05) is 20.8 Å². The summed E-state index contributed by atoms with van der Waals surface area (Å²) in [5, 5.41) is -0.189. The van der Waals surface area contributed by atoms with E-state index in [2.05, 4.69) is 0 Å². The van der Waals surface area contributed by atoms with Crippen molar-refractivity contribution in [3.05, 3.63) is 33.8 Å². The molecule has 0 nitrogen and oxygen atoms in total. The van der Waals surface area contributed by atoms with Gasteiger partial charge < -0.3 is 0 Å². The number of aryl methyl sites for hydroxylation is 1. The van der Waals surface area contributed by atoms with E-state index in [-0.39, 0.29) is 5.02 Å². The molecule has 0 aromatic heterocycles. The molecule has 0 radical (unpaired) electrons. The monoisotopic (exact) mass is 250 g/mol. The highest BCUT2D eigenvalue weighted by atomic mass is 35.5. The molecular formula is C12H14ClF3. The smallest absolute Gasteiger partial charge is 0.166 e. The van der Waals surface area contributed by atoms with E-state index in [0.717, 1.165) is 6.07 Å². The molecule has 0 fully saturated rings. The third-order valence-electron chi connectivity index (χ3n) is 2.33. The fourth-order valence-corrected chi connectivity index (χ4v) is 2.02. The molecule has 1 rings (SSSR count). The van der Waals surface area contributed by atoms with E-state index in [0.29, 0.717) is 11.1 Å². The van der Waals surface area contributed by atoms with Crippen LogP contribution in [0, 0.1) is 6.92 Å². The average Bonchev–Trinajstić information content (AvgIpc) is 2.04. The van der Waals surface area contributed by atoms with Crippen LogP contribution < -0.4 is 0 Å². The SMILES string of the molecule is Cc1cc(C(C)(C)C)c(Cl)c(C(F)(F)F)c1. The number of hydrogen-bond donors (Lipinski definition) is 0. The van der Waals surface area contributed by atoms with Crippen LogP contribution >= 0.6 is 11.6 Å². The molecule has 1 aromatic rings. The van der Waals surface area contributed by atoms with Crippen LogP contribution in [0.4, 0.5) is 13.2 Å². The lowest BCUT2D eigenvalue weighted by atomic mass is 9.85. The molecule has 0 spiro atoms. The molecule has 0 amide bonds. The first-order valence-corrected chi connectivity index (χ1v) is 5.29. The minimum absolute atomic E-state index is 0.189. The third kappa shape index (κ3) is 2.70. The molecule has 16 heavy (non-hydrogen) atoms. The van der Waals surface area contributed by atoms with Gasteiger partial charge in [-0.05, 0) is 24.0 Å². The Bertz CT molecular complexity index is 365. The van der Waals surface area contributed by atoms with E-state index in [1.54, 1.807) is 13.0 Å². The highest BCUT2D eigenvalue weighted by Gasteiger charge is 2.35. The molecule has 0 saturated heterocycles. The van der Waals surface area contributed by atoms with Crippen molar-refractivity contribution >= 4 is 11.6 Å². The van der Waals surface area contributed by atoms with Gasteiger partial charge in [-0.25, -0.2) is 0 Å². The zero-order valence-corrected chi connectivity index (χ0v) is 10.4. The predicted molar refractivity (Wildman–Crippen MR) is 59.9 cm³/mol. The first-order chi connectivity index (χ1) is 7.03. The van der Waals surface area contributed by atoms with Gasteiger partial charge in [0.05, 0.1) is 10.6 Å². The predicted octanol–water partition coefficient (Wildman–Crippen LogP) is 4.96. The summed E-state index contributed by atoms with van der Waals surface area (Å²) in [6.45, 7) is 7.16. The zero-order chi connectivity index (χ0) is 12.7. The van der Waals surface area contributed by atoms with Crippen LogP contribution in [0.25, 0.3) is 0 Å². The Hall–Kier alpha value is -0.700. The lowest BCUT2D eigenvalue weighted by molar-refractivity contribution is -0.137. The van der Waals surface area contributed by atoms with E-state index in [1.165, 1.54) is 0 Å². The zero-order valence-electron chi connectivity index (χ0n) is 9.67. The van der Waals surface area contributed by atoms with Crippen molar-refractivity contribution in [3.63, 3.8) is 0 Å². The Morgan fingerprint density at radius 1 is 1.00 bits per heavy atom. The van der Waals surface area contributed by atoms with Crippen LogP contribution in [0.1, 0.15) is 37.5 Å². The van der Waals surface area contributed by atoms with Crippen LogP contribution in [-0.4, -0.2) is 0 Å². The Morgan fingerprint density at radius 3 is 1.81 bits per heavy atom. The molecule has 0 aliphatic carbocycles. The topological polar surface area (TPSA) is 0 Å². The molecule has 0 unspecified atom stereocenters. The Morgan fingerprint density at radius 2 is 1.44 bits per heavy atom. The summed E-state index contributed by atoms with van der Waals surface area (Å²) >= 11 is 5.83. The molecule has 1 aromatic carbocycles. The van der Waals surface area contributed by atoms with Crippen LogP contribution in [0.15, 0.2) is 12.1 Å². The summed E-state index contributed by atoms with van der Waals surface area (Å²) in [6, 6.07) is 2.79. The van der Waals surface area contributed by atoms with Crippen LogP contribution in [-0.2, 0) is 11.6 Å². The van der Waals surface area contributed by atoms with Crippen molar-refractivity contribution in [2.45, 2.75) is 39.3 Å². The number of halogens is 4. The molecule has 4 heteroatoms. The summed E-state index contributed by atoms with van der Waals surface area (Å²) in [5.41, 5.74) is -0.0504. The molecular weight excluding hydrogens is 237 g/mol. The standard InChI is InChI=1S/C12H14ClF3/c1-7-5-8(11(2,3)4)10(13)9(6-7)12(14,15)16/h5-6H,1-4H3. The van der Waals surface area contributed by atoms with Gasteiger partial charge in [-0.15, -0.1) is 0 Å². The maximum atomic E-state index is 12.7. The third-order valence-corrected chi connectivity index (χ3v) is 2.74.